The molecule has 11 nitrogen and oxygen atoms in total. The zero-order valence-corrected chi connectivity index (χ0v) is 16.0. The fourth-order valence-corrected chi connectivity index (χ4v) is 5.02. The first-order chi connectivity index (χ1) is 12.9. The molecule has 0 aromatic carbocycles. The third-order valence-corrected chi connectivity index (χ3v) is 6.27. The second kappa shape index (κ2) is 6.62. The number of carboxylic acid groups (broad SMARTS) is 1. The van der Waals surface area contributed by atoms with Crippen LogP contribution in [0.25, 0.3) is 0 Å². The van der Waals surface area contributed by atoms with E-state index in [9.17, 15) is 33.9 Å². The van der Waals surface area contributed by atoms with Gasteiger partial charge in [-0.25, -0.2) is 9.59 Å². The van der Waals surface area contributed by atoms with Gasteiger partial charge in [0.1, 0.15) is 24.0 Å². The van der Waals surface area contributed by atoms with Crippen molar-refractivity contribution in [2.45, 2.75) is 49.5 Å². The summed E-state index contributed by atoms with van der Waals surface area (Å²) >= 11 is 1.27. The van der Waals surface area contributed by atoms with E-state index in [-0.39, 0.29) is 5.56 Å². The number of H-pyrrole nitrogens is 1. The predicted molar refractivity (Wildman–Crippen MR) is 97.0 cm³/mol. The van der Waals surface area contributed by atoms with Gasteiger partial charge in [0.2, 0.25) is 11.8 Å². The first-order valence-corrected chi connectivity index (χ1v) is 9.19. The maximum absolute atomic E-state index is 12.4. The fraction of sp³-hybridized carbons (Fsp3) is 0.500. The Morgan fingerprint density at radius 1 is 1.29 bits per heavy atom. The second-order valence-electron chi connectivity index (χ2n) is 7.13. The minimum Gasteiger partial charge on any atom is -0.480 e. The minimum absolute atomic E-state index is 0.268. The largest absolute Gasteiger partial charge is 0.480 e. The molecule has 0 unspecified atom stereocenters. The molecule has 0 radical (unpaired) electrons. The minimum atomic E-state index is -1.12. The Kier molecular flexibility index (Phi) is 4.69. The van der Waals surface area contributed by atoms with E-state index in [0.717, 1.165) is 17.7 Å². The zero-order chi connectivity index (χ0) is 21.0. The molecule has 1 aromatic heterocycles. The Bertz CT molecular complexity index is 1010. The summed E-state index contributed by atoms with van der Waals surface area (Å²) in [5.41, 5.74) is -1.98. The van der Waals surface area contributed by atoms with Crippen molar-refractivity contribution in [3.63, 3.8) is 0 Å². The molecule has 150 valence electrons. The molecule has 0 spiro atoms. The number of hydrogen-bond acceptors (Lipinski definition) is 7. The Hall–Kier alpha value is -2.89. The number of ketones is 1. The molecule has 3 N–H and O–H groups in total. The van der Waals surface area contributed by atoms with Crippen molar-refractivity contribution in [1.82, 2.24) is 19.8 Å². The van der Waals surface area contributed by atoms with Gasteiger partial charge in [-0.3, -0.25) is 28.7 Å². The molecule has 2 aliphatic rings. The summed E-state index contributed by atoms with van der Waals surface area (Å²) in [4.78, 5) is 74.2. The van der Waals surface area contributed by atoms with E-state index in [2.05, 4.69) is 5.32 Å². The Balaban J connectivity index is 1.74. The van der Waals surface area contributed by atoms with Crippen LogP contribution in [0.1, 0.15) is 31.1 Å². The number of Topliss-reactive ketones (excluding diaryl/α,β-unsaturated/α-hetero) is 1. The molecule has 12 heteroatoms. The highest BCUT2D eigenvalue weighted by molar-refractivity contribution is 8.01. The van der Waals surface area contributed by atoms with Gasteiger partial charge in [-0.05, 0) is 20.8 Å². The molecule has 3 heterocycles. The van der Waals surface area contributed by atoms with Gasteiger partial charge < -0.3 is 15.3 Å². The predicted octanol–water partition coefficient (Wildman–Crippen LogP) is -1.63. The maximum atomic E-state index is 12.4. The van der Waals surface area contributed by atoms with Crippen molar-refractivity contribution in [2.75, 3.05) is 0 Å². The molecule has 2 amide bonds. The number of carbonyl (C=O) groups excluding carboxylic acids is 3. The molecular formula is C16H18N4O7S. The summed E-state index contributed by atoms with van der Waals surface area (Å²) in [5.74, 6) is -2.87. The van der Waals surface area contributed by atoms with Crippen LogP contribution in [0.15, 0.2) is 15.8 Å². The number of hydrogen-bond donors (Lipinski definition) is 3. The van der Waals surface area contributed by atoms with Crippen LogP contribution in [0.2, 0.25) is 0 Å². The van der Waals surface area contributed by atoms with Gasteiger partial charge in [0.25, 0.3) is 5.56 Å². The van der Waals surface area contributed by atoms with Crippen molar-refractivity contribution in [3.05, 3.63) is 32.6 Å². The number of rotatable bonds is 5. The summed E-state index contributed by atoms with van der Waals surface area (Å²) in [6, 6.07) is -1.91. The van der Waals surface area contributed by atoms with Crippen LogP contribution in [0, 0.1) is 0 Å². The van der Waals surface area contributed by atoms with Crippen molar-refractivity contribution >= 4 is 35.3 Å². The van der Waals surface area contributed by atoms with Gasteiger partial charge >= 0.3 is 11.7 Å². The van der Waals surface area contributed by atoms with Gasteiger partial charge in [0.15, 0.2) is 5.78 Å². The molecule has 2 fully saturated rings. The van der Waals surface area contributed by atoms with Crippen LogP contribution in [-0.2, 0) is 20.9 Å². The number of fused-ring (bicyclic) bond motifs is 1. The number of β-lactam (4-membered cyclic amide) rings is 1. The molecular weight excluding hydrogens is 392 g/mol. The lowest BCUT2D eigenvalue weighted by Gasteiger charge is -2.43. The molecule has 1 aromatic rings. The van der Waals surface area contributed by atoms with Crippen LogP contribution < -0.4 is 16.6 Å². The fourth-order valence-electron chi connectivity index (χ4n) is 3.40. The smallest absolute Gasteiger partial charge is 0.328 e. The van der Waals surface area contributed by atoms with Gasteiger partial charge in [-0.1, -0.05) is 0 Å². The quantitative estimate of drug-likeness (QED) is 0.385. The van der Waals surface area contributed by atoms with Crippen LogP contribution in [-0.4, -0.2) is 65.3 Å². The van der Waals surface area contributed by atoms with Gasteiger partial charge in [-0.15, -0.1) is 11.8 Å². The van der Waals surface area contributed by atoms with Crippen molar-refractivity contribution in [3.8, 4) is 0 Å². The second-order valence-corrected chi connectivity index (χ2v) is 8.90. The highest BCUT2D eigenvalue weighted by Crippen LogP contribution is 2.50. The average Bonchev–Trinajstić information content (AvgIpc) is 2.83. The number of aliphatic carboxylic acids is 1. The van der Waals surface area contributed by atoms with E-state index < -0.39 is 63.6 Å². The summed E-state index contributed by atoms with van der Waals surface area (Å²) in [6.07, 6.45) is 0.992. The Labute approximate surface area is 162 Å². The van der Waals surface area contributed by atoms with E-state index in [1.165, 1.54) is 16.7 Å². The van der Waals surface area contributed by atoms with Crippen molar-refractivity contribution in [2.24, 2.45) is 0 Å². The summed E-state index contributed by atoms with van der Waals surface area (Å²) in [6.45, 7) is 4.07. The van der Waals surface area contributed by atoms with Gasteiger partial charge in [0, 0.05) is 10.9 Å². The average molecular weight is 410 g/mol. The number of aromatic amines is 1. The van der Waals surface area contributed by atoms with E-state index in [1.54, 1.807) is 13.8 Å². The van der Waals surface area contributed by atoms with E-state index in [1.807, 2.05) is 4.98 Å². The van der Waals surface area contributed by atoms with Crippen LogP contribution >= 0.6 is 11.8 Å². The molecule has 28 heavy (non-hydrogen) atoms. The third-order valence-electron chi connectivity index (χ3n) is 4.70. The van der Waals surface area contributed by atoms with Gasteiger partial charge in [0.05, 0.1) is 5.56 Å². The molecule has 2 aliphatic heterocycles. The summed E-state index contributed by atoms with van der Waals surface area (Å²) in [5, 5.41) is 11.4. The molecule has 0 saturated carbocycles. The standard InChI is InChI=1S/C16H18N4O7S/c1-6(21)7-4-19(15(27)18-11(7)23)5-8(22)17-9-12(24)20-10(14(25)26)16(2,3)28-13(9)20/h4,9-10,13H,5H2,1-3H3,(H,17,22)(H,25,26)(H,18,23,27)/t9-,10+,13-/m1/s1. The topological polar surface area (TPSA) is 159 Å². The normalized spacial score (nSPS) is 25.0. The Morgan fingerprint density at radius 3 is 2.50 bits per heavy atom. The number of carboxylic acids is 1. The monoisotopic (exact) mass is 410 g/mol. The molecule has 3 rings (SSSR count). The van der Waals surface area contributed by atoms with E-state index in [0.29, 0.717) is 0 Å². The number of nitrogens with one attached hydrogen (secondary N) is 2. The van der Waals surface area contributed by atoms with Crippen molar-refractivity contribution in [1.29, 1.82) is 0 Å². The lowest BCUT2D eigenvalue weighted by molar-refractivity contribution is -0.161. The summed E-state index contributed by atoms with van der Waals surface area (Å²) in [7, 11) is 0. The van der Waals surface area contributed by atoms with Crippen molar-refractivity contribution < 1.29 is 24.3 Å². The Morgan fingerprint density at radius 2 is 1.93 bits per heavy atom. The molecule has 2 saturated heterocycles. The summed E-state index contributed by atoms with van der Waals surface area (Å²) < 4.78 is 0.137. The van der Waals surface area contributed by atoms with Gasteiger partial charge in [-0.2, -0.15) is 0 Å². The maximum Gasteiger partial charge on any atom is 0.328 e. The SMILES string of the molecule is CC(=O)c1cn(CC(=O)N[C@@H]2C(=O)N3[C@@H]2SC(C)(C)[C@@H]3C(=O)O)c(=O)[nH]c1=O. The first-order valence-electron chi connectivity index (χ1n) is 8.31. The number of amides is 2. The molecule has 0 aliphatic carbocycles. The zero-order valence-electron chi connectivity index (χ0n) is 15.2. The van der Waals surface area contributed by atoms with Crippen LogP contribution in [0.3, 0.4) is 0 Å². The highest BCUT2D eigenvalue weighted by atomic mass is 32.2. The van der Waals surface area contributed by atoms with E-state index in [4.69, 9.17) is 0 Å². The van der Waals surface area contributed by atoms with E-state index >= 15 is 0 Å². The lowest BCUT2D eigenvalue weighted by atomic mass is 9.96. The first kappa shape index (κ1) is 19.9. The number of aromatic nitrogens is 2. The third kappa shape index (κ3) is 3.13. The highest BCUT2D eigenvalue weighted by Gasteiger charge is 2.64. The lowest BCUT2D eigenvalue weighted by Crippen LogP contribution is -2.70. The number of carbonyl (C=O) groups is 4. The molecule has 0 bridgehead atoms. The number of nitrogens with zero attached hydrogens (tertiary/aromatic N) is 2. The molecule has 3 atom stereocenters. The van der Waals surface area contributed by atoms with Crippen LogP contribution in [0.4, 0.5) is 0 Å². The number of thioether (sulfide) groups is 1. The van der Waals surface area contributed by atoms with Crippen LogP contribution in [0.5, 0.6) is 0 Å².